The lowest BCUT2D eigenvalue weighted by molar-refractivity contribution is 0.0532. The molecule has 0 spiro atoms. The molecule has 1 aliphatic rings. The lowest BCUT2D eigenvalue weighted by Crippen LogP contribution is -2.12. The SMILES string of the molecule is CCOC(=O)c1sc(NC(=O)c2ccc3c(c2)OCCCO3)nc1-c1ccccc1. The van der Waals surface area contributed by atoms with Gasteiger partial charge in [0.05, 0.1) is 25.5 Å². The van der Waals surface area contributed by atoms with Crippen LogP contribution in [0.2, 0.25) is 0 Å². The van der Waals surface area contributed by atoms with Crippen LogP contribution >= 0.6 is 11.3 Å². The molecule has 0 bridgehead atoms. The highest BCUT2D eigenvalue weighted by Gasteiger charge is 2.22. The average Bonchev–Trinajstić information content (AvgIpc) is 3.04. The molecule has 0 unspecified atom stereocenters. The van der Waals surface area contributed by atoms with E-state index in [4.69, 9.17) is 14.2 Å². The number of esters is 1. The number of anilines is 1. The second-order valence-corrected chi connectivity index (χ2v) is 7.45. The summed E-state index contributed by atoms with van der Waals surface area (Å²) < 4.78 is 16.4. The van der Waals surface area contributed by atoms with Crippen LogP contribution in [-0.2, 0) is 4.74 Å². The van der Waals surface area contributed by atoms with Gasteiger partial charge in [-0.1, -0.05) is 41.7 Å². The van der Waals surface area contributed by atoms with Gasteiger partial charge in [0.25, 0.3) is 5.91 Å². The van der Waals surface area contributed by atoms with E-state index < -0.39 is 5.97 Å². The van der Waals surface area contributed by atoms with Crippen molar-refractivity contribution < 1.29 is 23.8 Å². The first-order chi connectivity index (χ1) is 14.7. The first-order valence-electron chi connectivity index (χ1n) is 9.60. The molecule has 1 N–H and O–H groups in total. The van der Waals surface area contributed by atoms with Gasteiger partial charge in [0.1, 0.15) is 4.88 Å². The van der Waals surface area contributed by atoms with E-state index in [2.05, 4.69) is 10.3 Å². The minimum Gasteiger partial charge on any atom is -0.490 e. The van der Waals surface area contributed by atoms with Crippen molar-refractivity contribution in [2.75, 3.05) is 25.1 Å². The number of benzene rings is 2. The van der Waals surface area contributed by atoms with Crippen molar-refractivity contribution in [1.29, 1.82) is 0 Å². The van der Waals surface area contributed by atoms with Crippen molar-refractivity contribution in [3.05, 3.63) is 59.0 Å². The van der Waals surface area contributed by atoms with Crippen molar-refractivity contribution >= 4 is 28.3 Å². The van der Waals surface area contributed by atoms with Gasteiger partial charge in [-0.3, -0.25) is 10.1 Å². The zero-order valence-corrected chi connectivity index (χ0v) is 17.2. The third-order valence-corrected chi connectivity index (χ3v) is 5.32. The molecule has 7 nitrogen and oxygen atoms in total. The molecule has 0 atom stereocenters. The quantitative estimate of drug-likeness (QED) is 0.611. The normalized spacial score (nSPS) is 12.7. The number of ether oxygens (including phenoxy) is 3. The molecule has 2 heterocycles. The molecule has 0 aliphatic carbocycles. The van der Waals surface area contributed by atoms with E-state index in [0.29, 0.717) is 46.0 Å². The topological polar surface area (TPSA) is 86.8 Å². The molecule has 4 rings (SSSR count). The highest BCUT2D eigenvalue weighted by molar-refractivity contribution is 7.18. The maximum Gasteiger partial charge on any atom is 0.350 e. The molecule has 2 aromatic carbocycles. The van der Waals surface area contributed by atoms with Crippen LogP contribution in [0, 0.1) is 0 Å². The van der Waals surface area contributed by atoms with E-state index in [9.17, 15) is 9.59 Å². The lowest BCUT2D eigenvalue weighted by atomic mass is 10.1. The summed E-state index contributed by atoms with van der Waals surface area (Å²) >= 11 is 1.08. The third kappa shape index (κ3) is 4.28. The summed E-state index contributed by atoms with van der Waals surface area (Å²) in [6.45, 7) is 3.11. The van der Waals surface area contributed by atoms with E-state index in [1.54, 1.807) is 25.1 Å². The predicted octanol–water partition coefficient (Wildman–Crippen LogP) is 4.40. The van der Waals surface area contributed by atoms with Crippen molar-refractivity contribution in [3.63, 3.8) is 0 Å². The molecule has 8 heteroatoms. The molecule has 0 fully saturated rings. The van der Waals surface area contributed by atoms with Crippen LogP contribution in [0.5, 0.6) is 11.5 Å². The van der Waals surface area contributed by atoms with Gasteiger partial charge >= 0.3 is 5.97 Å². The van der Waals surface area contributed by atoms with Crippen LogP contribution in [0.4, 0.5) is 5.13 Å². The second-order valence-electron chi connectivity index (χ2n) is 6.45. The Morgan fingerprint density at radius 3 is 2.63 bits per heavy atom. The smallest absolute Gasteiger partial charge is 0.350 e. The van der Waals surface area contributed by atoms with E-state index in [1.807, 2.05) is 30.3 Å². The average molecular weight is 424 g/mol. The zero-order chi connectivity index (χ0) is 20.9. The van der Waals surface area contributed by atoms with Crippen LogP contribution in [0.3, 0.4) is 0 Å². The standard InChI is InChI=1S/C22H20N2O5S/c1-2-27-21(26)19-18(14-7-4-3-5-8-14)23-22(30-19)24-20(25)15-9-10-16-17(13-15)29-12-6-11-28-16/h3-5,7-10,13H,2,6,11-12H2,1H3,(H,23,24,25). The molecular formula is C22H20N2O5S. The third-order valence-electron chi connectivity index (χ3n) is 4.37. The van der Waals surface area contributed by atoms with Crippen molar-refractivity contribution in [1.82, 2.24) is 4.98 Å². The number of carbonyl (C=O) groups is 2. The highest BCUT2D eigenvalue weighted by Crippen LogP contribution is 2.33. The largest absolute Gasteiger partial charge is 0.490 e. The zero-order valence-electron chi connectivity index (χ0n) is 16.3. The monoisotopic (exact) mass is 424 g/mol. The summed E-state index contributed by atoms with van der Waals surface area (Å²) in [6.07, 6.45) is 0.786. The van der Waals surface area contributed by atoms with Crippen LogP contribution in [0.15, 0.2) is 48.5 Å². The summed E-state index contributed by atoms with van der Waals surface area (Å²) in [7, 11) is 0. The Hall–Kier alpha value is -3.39. The summed E-state index contributed by atoms with van der Waals surface area (Å²) in [5.41, 5.74) is 1.66. The van der Waals surface area contributed by atoms with E-state index in [1.165, 1.54) is 0 Å². The van der Waals surface area contributed by atoms with Gasteiger partial charge in [-0.25, -0.2) is 9.78 Å². The van der Waals surface area contributed by atoms with Gasteiger partial charge in [-0.15, -0.1) is 0 Å². The van der Waals surface area contributed by atoms with Gasteiger partial charge in [-0.2, -0.15) is 0 Å². The summed E-state index contributed by atoms with van der Waals surface area (Å²) in [6, 6.07) is 14.3. The number of aromatic nitrogens is 1. The lowest BCUT2D eigenvalue weighted by Gasteiger charge is -2.09. The van der Waals surface area contributed by atoms with Crippen LogP contribution in [0.25, 0.3) is 11.3 Å². The van der Waals surface area contributed by atoms with E-state index in [-0.39, 0.29) is 12.5 Å². The van der Waals surface area contributed by atoms with Gasteiger partial charge in [-0.05, 0) is 25.1 Å². The second kappa shape index (κ2) is 8.96. The van der Waals surface area contributed by atoms with E-state index >= 15 is 0 Å². The molecule has 1 aliphatic heterocycles. The number of hydrogen-bond donors (Lipinski definition) is 1. The fourth-order valence-electron chi connectivity index (χ4n) is 2.97. The van der Waals surface area contributed by atoms with Gasteiger partial charge in [0.15, 0.2) is 16.6 Å². The van der Waals surface area contributed by atoms with Gasteiger partial charge < -0.3 is 14.2 Å². The van der Waals surface area contributed by atoms with Crippen LogP contribution in [-0.4, -0.2) is 36.7 Å². The molecule has 0 saturated heterocycles. The van der Waals surface area contributed by atoms with Gasteiger partial charge in [0, 0.05) is 17.5 Å². The summed E-state index contributed by atoms with van der Waals surface area (Å²) in [5.74, 6) is 0.338. The molecule has 0 radical (unpaired) electrons. The maximum atomic E-state index is 12.8. The Morgan fingerprint density at radius 2 is 1.87 bits per heavy atom. The minimum atomic E-state index is -0.468. The van der Waals surface area contributed by atoms with Crippen LogP contribution < -0.4 is 14.8 Å². The number of carbonyl (C=O) groups excluding carboxylic acids is 2. The van der Waals surface area contributed by atoms with E-state index in [0.717, 1.165) is 23.3 Å². The summed E-state index contributed by atoms with van der Waals surface area (Å²) in [4.78, 5) is 30.0. The highest BCUT2D eigenvalue weighted by atomic mass is 32.1. The molecule has 1 amide bonds. The van der Waals surface area contributed by atoms with Crippen molar-refractivity contribution in [3.8, 4) is 22.8 Å². The van der Waals surface area contributed by atoms with Gasteiger partial charge in [0.2, 0.25) is 0 Å². The Morgan fingerprint density at radius 1 is 1.10 bits per heavy atom. The minimum absolute atomic E-state index is 0.254. The number of hydrogen-bond acceptors (Lipinski definition) is 7. The fourth-order valence-corrected chi connectivity index (χ4v) is 3.85. The number of rotatable bonds is 5. The number of thiazole rings is 1. The number of nitrogens with zero attached hydrogens (tertiary/aromatic N) is 1. The molecule has 0 saturated carbocycles. The number of amides is 1. The van der Waals surface area contributed by atoms with Crippen molar-refractivity contribution in [2.24, 2.45) is 0 Å². The first-order valence-corrected chi connectivity index (χ1v) is 10.4. The molecule has 154 valence electrons. The first kappa shape index (κ1) is 19.9. The number of nitrogens with one attached hydrogen (secondary N) is 1. The Kier molecular flexibility index (Phi) is 5.94. The molecule has 30 heavy (non-hydrogen) atoms. The predicted molar refractivity (Wildman–Crippen MR) is 114 cm³/mol. The van der Waals surface area contributed by atoms with Crippen molar-refractivity contribution in [2.45, 2.75) is 13.3 Å². The van der Waals surface area contributed by atoms with Crippen LogP contribution in [0.1, 0.15) is 33.4 Å². The Balaban J connectivity index is 1.61. The molecular weight excluding hydrogens is 404 g/mol. The Labute approximate surface area is 177 Å². The fraction of sp³-hybridized carbons (Fsp3) is 0.227. The Bertz CT molecular complexity index is 1060. The molecule has 3 aromatic rings. The molecule has 1 aromatic heterocycles. The summed E-state index contributed by atoms with van der Waals surface area (Å²) in [5, 5.41) is 3.09. The maximum absolute atomic E-state index is 12.8. The number of fused-ring (bicyclic) bond motifs is 1.